The molecule has 3 N–H and O–H groups in total. The fraction of sp³-hybridized carbons (Fsp3) is 0.348. The number of thioether (sulfide) groups is 1. The molecule has 0 aliphatic carbocycles. The number of carbonyl (C=O) groups is 1. The highest BCUT2D eigenvalue weighted by Gasteiger charge is 2.16. The molecule has 0 aliphatic rings. The summed E-state index contributed by atoms with van der Waals surface area (Å²) in [7, 11) is 3.99. The van der Waals surface area contributed by atoms with Gasteiger partial charge in [0.1, 0.15) is 0 Å². The Balaban J connectivity index is 1.55. The first kappa shape index (κ1) is 22.7. The molecule has 3 aromatic rings. The Labute approximate surface area is 188 Å². The summed E-state index contributed by atoms with van der Waals surface area (Å²) < 4.78 is 1.43. The molecular formula is C23H30N6OS. The van der Waals surface area contributed by atoms with Crippen molar-refractivity contribution in [1.82, 2.24) is 20.2 Å². The van der Waals surface area contributed by atoms with Crippen LogP contribution in [0.5, 0.6) is 0 Å². The molecule has 7 nitrogen and oxygen atoms in total. The zero-order valence-corrected chi connectivity index (χ0v) is 19.5. The molecule has 3 rings (SSSR count). The quantitative estimate of drug-likeness (QED) is 0.434. The third kappa shape index (κ3) is 5.79. The molecule has 0 bridgehead atoms. The van der Waals surface area contributed by atoms with Crippen LogP contribution in [0.25, 0.3) is 11.4 Å². The summed E-state index contributed by atoms with van der Waals surface area (Å²) in [4.78, 5) is 14.3. The average molecular weight is 439 g/mol. The minimum atomic E-state index is -0.0826. The number of carbonyl (C=O) groups excluding carboxylic acids is 1. The van der Waals surface area contributed by atoms with Gasteiger partial charge in [-0.15, -0.1) is 10.2 Å². The van der Waals surface area contributed by atoms with Gasteiger partial charge in [-0.1, -0.05) is 68.9 Å². The van der Waals surface area contributed by atoms with Gasteiger partial charge in [-0.3, -0.25) is 4.79 Å². The maximum atomic E-state index is 12.2. The van der Waals surface area contributed by atoms with Gasteiger partial charge in [-0.05, 0) is 28.7 Å². The molecule has 0 radical (unpaired) electrons. The second-order valence-electron chi connectivity index (χ2n) is 8.63. The minimum absolute atomic E-state index is 0.0810. The fourth-order valence-electron chi connectivity index (χ4n) is 2.99. The molecule has 1 aromatic heterocycles. The molecule has 0 spiro atoms. The van der Waals surface area contributed by atoms with Crippen molar-refractivity contribution in [2.45, 2.75) is 37.9 Å². The van der Waals surface area contributed by atoms with Crippen LogP contribution in [0.3, 0.4) is 0 Å². The van der Waals surface area contributed by atoms with Gasteiger partial charge >= 0.3 is 0 Å². The van der Waals surface area contributed by atoms with Gasteiger partial charge in [0.15, 0.2) is 5.82 Å². The van der Waals surface area contributed by atoms with Crippen molar-refractivity contribution in [2.75, 3.05) is 30.6 Å². The molecule has 0 atom stereocenters. The summed E-state index contributed by atoms with van der Waals surface area (Å²) in [6, 6.07) is 16.2. The second-order valence-corrected chi connectivity index (χ2v) is 9.57. The van der Waals surface area contributed by atoms with E-state index in [1.165, 1.54) is 22.0 Å². The highest BCUT2D eigenvalue weighted by molar-refractivity contribution is 7.99. The number of anilines is 1. The highest BCUT2D eigenvalue weighted by Crippen LogP contribution is 2.26. The lowest BCUT2D eigenvalue weighted by molar-refractivity contribution is -0.118. The number of nitrogens with zero attached hydrogens (tertiary/aromatic N) is 4. The number of rotatable bonds is 7. The van der Waals surface area contributed by atoms with Crippen LogP contribution < -0.4 is 16.1 Å². The second kappa shape index (κ2) is 9.43. The van der Waals surface area contributed by atoms with Crippen molar-refractivity contribution < 1.29 is 4.79 Å². The molecule has 2 aromatic carbocycles. The Morgan fingerprint density at radius 1 is 1.06 bits per heavy atom. The molecule has 0 saturated carbocycles. The summed E-state index contributed by atoms with van der Waals surface area (Å²) in [5, 5.41) is 11.8. The normalized spacial score (nSPS) is 11.4. The summed E-state index contributed by atoms with van der Waals surface area (Å²) >= 11 is 1.27. The zero-order valence-electron chi connectivity index (χ0n) is 18.7. The van der Waals surface area contributed by atoms with Gasteiger partial charge in [0.25, 0.3) is 0 Å². The number of hydrogen-bond donors (Lipinski definition) is 2. The van der Waals surface area contributed by atoms with Gasteiger partial charge in [0, 0.05) is 31.9 Å². The van der Waals surface area contributed by atoms with E-state index in [1.807, 2.05) is 55.4 Å². The molecule has 0 fully saturated rings. The number of amides is 1. The summed E-state index contributed by atoms with van der Waals surface area (Å²) in [6.07, 6.45) is 0. The fourth-order valence-corrected chi connectivity index (χ4v) is 3.67. The standard InChI is InChI=1S/C23H30N6OS/c1-23(2,3)18-10-8-17(9-11-18)21-26-27-22(29(21)24)31-15-20(30)25-14-16-6-12-19(13-7-16)28(4)5/h6-13H,14-15,24H2,1-5H3,(H,25,30). The lowest BCUT2D eigenvalue weighted by Crippen LogP contribution is -2.25. The van der Waals surface area contributed by atoms with Crippen molar-refractivity contribution in [1.29, 1.82) is 0 Å². The topological polar surface area (TPSA) is 89.1 Å². The van der Waals surface area contributed by atoms with Crippen molar-refractivity contribution in [3.63, 3.8) is 0 Å². The Hall–Kier alpha value is -3.00. The van der Waals surface area contributed by atoms with Crippen LogP contribution in [0, 0.1) is 0 Å². The predicted octanol–water partition coefficient (Wildman–Crippen LogP) is 3.43. The van der Waals surface area contributed by atoms with E-state index in [0.717, 1.165) is 16.8 Å². The van der Waals surface area contributed by atoms with Crippen molar-refractivity contribution in [3.05, 3.63) is 59.7 Å². The molecule has 1 heterocycles. The molecule has 1 amide bonds. The number of nitrogens with two attached hydrogens (primary N) is 1. The highest BCUT2D eigenvalue weighted by atomic mass is 32.2. The largest absolute Gasteiger partial charge is 0.378 e. The van der Waals surface area contributed by atoms with Crippen LogP contribution >= 0.6 is 11.8 Å². The van der Waals surface area contributed by atoms with Crippen LogP contribution in [0.4, 0.5) is 5.69 Å². The third-order valence-electron chi connectivity index (χ3n) is 4.95. The monoisotopic (exact) mass is 438 g/mol. The Bertz CT molecular complexity index is 1020. The van der Waals surface area contributed by atoms with Gasteiger partial charge in [0.2, 0.25) is 11.1 Å². The Morgan fingerprint density at radius 3 is 2.29 bits per heavy atom. The number of nitrogens with one attached hydrogen (secondary N) is 1. The van der Waals surface area contributed by atoms with E-state index >= 15 is 0 Å². The first-order valence-corrected chi connectivity index (χ1v) is 11.1. The zero-order chi connectivity index (χ0) is 22.6. The Kier molecular flexibility index (Phi) is 6.90. The van der Waals surface area contributed by atoms with Crippen LogP contribution in [0.1, 0.15) is 31.9 Å². The summed E-state index contributed by atoms with van der Waals surface area (Å²) in [6.45, 7) is 7.00. The SMILES string of the molecule is CN(C)c1ccc(CNC(=O)CSc2nnc(-c3ccc(C(C)(C)C)cc3)n2N)cc1. The average Bonchev–Trinajstić information content (AvgIpc) is 3.10. The minimum Gasteiger partial charge on any atom is -0.378 e. The number of aromatic nitrogens is 3. The van der Waals surface area contributed by atoms with Crippen LogP contribution in [0.15, 0.2) is 53.7 Å². The van der Waals surface area contributed by atoms with E-state index in [0.29, 0.717) is 17.5 Å². The van der Waals surface area contributed by atoms with E-state index in [-0.39, 0.29) is 17.1 Å². The smallest absolute Gasteiger partial charge is 0.230 e. The van der Waals surface area contributed by atoms with Gasteiger partial charge in [-0.2, -0.15) is 0 Å². The first-order chi connectivity index (χ1) is 14.6. The maximum Gasteiger partial charge on any atom is 0.230 e. The lowest BCUT2D eigenvalue weighted by atomic mass is 9.87. The van der Waals surface area contributed by atoms with E-state index in [9.17, 15) is 4.79 Å². The van der Waals surface area contributed by atoms with Crippen LogP contribution in [-0.4, -0.2) is 40.6 Å². The van der Waals surface area contributed by atoms with E-state index in [2.05, 4.69) is 48.4 Å². The van der Waals surface area contributed by atoms with E-state index in [1.54, 1.807) is 0 Å². The van der Waals surface area contributed by atoms with Gasteiger partial charge in [0.05, 0.1) is 5.75 Å². The third-order valence-corrected chi connectivity index (χ3v) is 5.89. The number of benzene rings is 2. The predicted molar refractivity (Wildman–Crippen MR) is 128 cm³/mol. The van der Waals surface area contributed by atoms with Gasteiger partial charge < -0.3 is 16.1 Å². The van der Waals surface area contributed by atoms with Crippen molar-refractivity contribution in [3.8, 4) is 11.4 Å². The molecule has 164 valence electrons. The molecular weight excluding hydrogens is 408 g/mol. The first-order valence-electron chi connectivity index (χ1n) is 10.1. The number of nitrogen functional groups attached to an aromatic ring is 1. The van der Waals surface area contributed by atoms with Crippen LogP contribution in [0.2, 0.25) is 0 Å². The Morgan fingerprint density at radius 2 is 1.71 bits per heavy atom. The van der Waals surface area contributed by atoms with Crippen molar-refractivity contribution in [2.24, 2.45) is 0 Å². The van der Waals surface area contributed by atoms with E-state index in [4.69, 9.17) is 5.84 Å². The van der Waals surface area contributed by atoms with Gasteiger partial charge in [-0.25, -0.2) is 4.68 Å². The molecule has 31 heavy (non-hydrogen) atoms. The molecule has 0 aliphatic heterocycles. The van der Waals surface area contributed by atoms with Crippen molar-refractivity contribution >= 4 is 23.4 Å². The summed E-state index contributed by atoms with van der Waals surface area (Å²) in [5.74, 6) is 6.89. The van der Waals surface area contributed by atoms with Crippen LogP contribution in [-0.2, 0) is 16.8 Å². The lowest BCUT2D eigenvalue weighted by Gasteiger charge is -2.19. The molecule has 0 unspecified atom stereocenters. The summed E-state index contributed by atoms with van der Waals surface area (Å²) in [5.41, 5.74) is 4.38. The maximum absolute atomic E-state index is 12.2. The molecule has 0 saturated heterocycles. The van der Waals surface area contributed by atoms with E-state index < -0.39 is 0 Å². The number of hydrogen-bond acceptors (Lipinski definition) is 6. The molecule has 8 heteroatoms.